The average molecular weight is 855 g/mol. The lowest BCUT2D eigenvalue weighted by Crippen LogP contribution is -2.45. The Morgan fingerprint density at radius 1 is 0.823 bits per heavy atom. The highest BCUT2D eigenvalue weighted by Crippen LogP contribution is 2.61. The van der Waals surface area contributed by atoms with Crippen LogP contribution >= 0.6 is 0 Å². The second-order valence-electron chi connectivity index (χ2n) is 17.5. The van der Waals surface area contributed by atoms with Crippen LogP contribution in [0.4, 0.5) is 21.2 Å². The van der Waals surface area contributed by atoms with Gasteiger partial charge in [0.2, 0.25) is 26.1 Å². The van der Waals surface area contributed by atoms with E-state index in [1.165, 1.54) is 10.0 Å². The minimum absolute atomic E-state index is 0.0871. The number of likely N-dealkylation sites (tertiary alicyclic amines) is 1. The number of amides is 4. The molecule has 0 bridgehead atoms. The predicted octanol–water partition coefficient (Wildman–Crippen LogP) is 7.44. The van der Waals surface area contributed by atoms with E-state index in [0.717, 1.165) is 34.5 Å². The van der Waals surface area contributed by atoms with Gasteiger partial charge in [0, 0.05) is 49.3 Å². The molecule has 4 aromatic carbocycles. The fourth-order valence-corrected chi connectivity index (χ4v) is 12.8. The lowest BCUT2D eigenvalue weighted by atomic mass is 9.82. The Balaban J connectivity index is 1.11. The maximum Gasteiger partial charge on any atom is 0.264 e. The number of benzene rings is 4. The molecule has 12 nitrogen and oxygen atoms in total. The van der Waals surface area contributed by atoms with E-state index in [4.69, 9.17) is 14.9 Å². The Morgan fingerprint density at radius 2 is 1.44 bits per heavy atom. The molecule has 0 aliphatic carbocycles. The van der Waals surface area contributed by atoms with E-state index < -0.39 is 37.5 Å². The van der Waals surface area contributed by atoms with Crippen molar-refractivity contribution in [2.45, 2.75) is 94.8 Å². The smallest absolute Gasteiger partial charge is 0.264 e. The number of hydrogen-bond donors (Lipinski definition) is 1. The lowest BCUT2D eigenvalue weighted by molar-refractivity contribution is -0.150. The molecule has 0 unspecified atom stereocenters. The van der Waals surface area contributed by atoms with E-state index in [2.05, 4.69) is 0 Å². The Bertz CT molecular complexity index is 2480. The fourth-order valence-electron chi connectivity index (χ4n) is 10.3. The SMILES string of the molecule is C[C@H]1[C@H]([Si](C)(C)F)[C@@H](CC(=O)N2CCC[C@H]2CO)O[C@]12C(=O)N(Cc1cccc(N3N=C(c4ccccc4)CCC3=O)c1)c1ccc(N3N=C(c4ccccc4)CCC3=O)cc12. The quantitative estimate of drug-likeness (QED) is 0.130. The summed E-state index contributed by atoms with van der Waals surface area (Å²) in [4.78, 5) is 59.6. The molecule has 5 heterocycles. The van der Waals surface area contributed by atoms with Crippen LogP contribution in [0.3, 0.4) is 0 Å². The highest BCUT2D eigenvalue weighted by Gasteiger charge is 2.67. The first-order valence-corrected chi connectivity index (χ1v) is 24.6. The van der Waals surface area contributed by atoms with Crippen molar-refractivity contribution in [3.63, 3.8) is 0 Å². The van der Waals surface area contributed by atoms with Gasteiger partial charge in [-0.2, -0.15) is 10.2 Å². The molecule has 5 aliphatic heterocycles. The Morgan fingerprint density at radius 3 is 2.03 bits per heavy atom. The number of ether oxygens (including phenoxy) is 1. The van der Waals surface area contributed by atoms with Gasteiger partial charge in [0.05, 0.1) is 60.2 Å². The first-order chi connectivity index (χ1) is 29.9. The van der Waals surface area contributed by atoms with E-state index in [1.54, 1.807) is 41.1 Å². The van der Waals surface area contributed by atoms with Gasteiger partial charge < -0.3 is 23.8 Å². The van der Waals surface area contributed by atoms with Gasteiger partial charge in [-0.1, -0.05) is 79.7 Å². The summed E-state index contributed by atoms with van der Waals surface area (Å²) in [5.41, 5.74) is 3.70. The molecule has 4 aromatic rings. The van der Waals surface area contributed by atoms with Crippen LogP contribution in [-0.4, -0.2) is 78.8 Å². The number of carbonyl (C=O) groups is 4. The number of nitrogens with zero attached hydrogens (tertiary/aromatic N) is 6. The third kappa shape index (κ3) is 7.37. The molecule has 1 N–H and O–H groups in total. The van der Waals surface area contributed by atoms with Crippen molar-refractivity contribution < 1.29 is 33.1 Å². The van der Waals surface area contributed by atoms with Crippen LogP contribution in [0.1, 0.15) is 74.1 Å². The van der Waals surface area contributed by atoms with Gasteiger partial charge in [0.25, 0.3) is 5.91 Å². The number of rotatable bonds is 10. The Kier molecular flexibility index (Phi) is 11.0. The summed E-state index contributed by atoms with van der Waals surface area (Å²) in [5.74, 6) is -1.68. The van der Waals surface area contributed by atoms with Crippen LogP contribution in [-0.2, 0) is 36.1 Å². The van der Waals surface area contributed by atoms with Crippen LogP contribution in [0.5, 0.6) is 0 Å². The van der Waals surface area contributed by atoms with Gasteiger partial charge in [-0.05, 0) is 73.0 Å². The molecule has 0 aromatic heterocycles. The fraction of sp³-hybridized carbons (Fsp3) is 0.375. The lowest BCUT2D eigenvalue weighted by Gasteiger charge is -2.32. The molecular formula is C48H51FN6O6Si. The maximum atomic E-state index is 16.8. The minimum atomic E-state index is -3.64. The van der Waals surface area contributed by atoms with Crippen molar-refractivity contribution in [2.75, 3.05) is 28.1 Å². The number of hydrogen-bond acceptors (Lipinski definition) is 8. The van der Waals surface area contributed by atoms with E-state index >= 15 is 8.90 Å². The molecule has 5 aliphatic rings. The molecule has 2 saturated heterocycles. The zero-order valence-corrected chi connectivity index (χ0v) is 36.2. The predicted molar refractivity (Wildman–Crippen MR) is 238 cm³/mol. The number of halogens is 1. The summed E-state index contributed by atoms with van der Waals surface area (Å²) >= 11 is 0. The van der Waals surface area contributed by atoms with E-state index in [-0.39, 0.29) is 49.8 Å². The average Bonchev–Trinajstić information content (AvgIpc) is 3.94. The summed E-state index contributed by atoms with van der Waals surface area (Å²) in [5, 5.41) is 22.4. The van der Waals surface area contributed by atoms with Gasteiger partial charge >= 0.3 is 0 Å². The summed E-state index contributed by atoms with van der Waals surface area (Å²) in [7, 11) is -3.64. The van der Waals surface area contributed by atoms with Gasteiger partial charge in [0.15, 0.2) is 5.60 Å². The van der Waals surface area contributed by atoms with Crippen LogP contribution in [0.15, 0.2) is 113 Å². The number of carbonyl (C=O) groups excluding carboxylic acids is 4. The monoisotopic (exact) mass is 854 g/mol. The molecule has 320 valence electrons. The van der Waals surface area contributed by atoms with Crippen molar-refractivity contribution in [3.05, 3.63) is 125 Å². The highest BCUT2D eigenvalue weighted by molar-refractivity contribution is 6.72. The topological polar surface area (TPSA) is 135 Å². The molecule has 0 saturated carbocycles. The molecule has 9 rings (SSSR count). The van der Waals surface area contributed by atoms with Crippen molar-refractivity contribution in [1.82, 2.24) is 4.90 Å². The zero-order chi connectivity index (χ0) is 43.3. The summed E-state index contributed by atoms with van der Waals surface area (Å²) in [6.07, 6.45) is 1.91. The first kappa shape index (κ1) is 41.5. The summed E-state index contributed by atoms with van der Waals surface area (Å²) in [6.45, 7) is 5.46. The van der Waals surface area contributed by atoms with Crippen LogP contribution in [0, 0.1) is 5.92 Å². The highest BCUT2D eigenvalue weighted by atomic mass is 28.4. The second kappa shape index (κ2) is 16.5. The van der Waals surface area contributed by atoms with Crippen LogP contribution in [0.25, 0.3) is 0 Å². The van der Waals surface area contributed by atoms with Crippen molar-refractivity contribution >= 4 is 60.5 Å². The van der Waals surface area contributed by atoms with Gasteiger partial charge in [-0.15, -0.1) is 0 Å². The van der Waals surface area contributed by atoms with Gasteiger partial charge in [-0.3, -0.25) is 19.2 Å². The Labute approximate surface area is 361 Å². The molecule has 62 heavy (non-hydrogen) atoms. The zero-order valence-electron chi connectivity index (χ0n) is 35.2. The number of aliphatic hydroxyl groups is 1. The number of hydrazone groups is 2. The summed E-state index contributed by atoms with van der Waals surface area (Å²) in [6, 6.07) is 31.8. The number of aliphatic hydroxyl groups excluding tert-OH is 1. The standard InChI is InChI=1S/C48H51FN6O6Si/c1-31-46(62(2,3)49)42(28-45(59)52-25-11-18-37(52)30-56)61-48(31)38-27-36(55-44(58)24-21-40(51-55)34-15-8-5-9-16-34)19-22-41(38)53(47(48)60)29-32-12-10-17-35(26-32)54-43(57)23-20-39(50-54)33-13-6-4-7-14-33/h4-10,12-17,19,22,26-27,31,37,42,46,56H,11,18,20-21,23-25,28-30H2,1-3H3/t31-,37-,42+,46-,48+/m0/s1. The van der Waals surface area contributed by atoms with Crippen molar-refractivity contribution in [1.29, 1.82) is 0 Å². The maximum absolute atomic E-state index is 16.8. The molecule has 2 fully saturated rings. The number of anilines is 3. The molecule has 1 spiro atoms. The molecule has 14 heteroatoms. The normalized spacial score (nSPS) is 25.1. The molecule has 4 amide bonds. The summed E-state index contributed by atoms with van der Waals surface area (Å²) < 4.78 is 23.8. The van der Waals surface area contributed by atoms with Crippen molar-refractivity contribution in [2.24, 2.45) is 16.1 Å². The molecule has 5 atom stereocenters. The van der Waals surface area contributed by atoms with E-state index in [0.29, 0.717) is 54.9 Å². The largest absolute Gasteiger partial charge is 0.394 e. The first-order valence-electron chi connectivity index (χ1n) is 21.6. The van der Waals surface area contributed by atoms with E-state index in [1.807, 2.05) is 91.9 Å². The molecular weight excluding hydrogens is 804 g/mol. The third-order valence-corrected chi connectivity index (χ3v) is 15.7. The second-order valence-corrected chi connectivity index (χ2v) is 21.3. The van der Waals surface area contributed by atoms with Crippen LogP contribution < -0.4 is 14.9 Å². The van der Waals surface area contributed by atoms with Crippen LogP contribution in [0.2, 0.25) is 18.6 Å². The Hall–Kier alpha value is -5.83. The molecule has 0 radical (unpaired) electrons. The van der Waals surface area contributed by atoms with Crippen molar-refractivity contribution in [3.8, 4) is 0 Å². The van der Waals surface area contributed by atoms with Gasteiger partial charge in [-0.25, -0.2) is 10.0 Å². The van der Waals surface area contributed by atoms with E-state index in [9.17, 15) is 19.5 Å². The number of fused-ring (bicyclic) bond motifs is 2. The minimum Gasteiger partial charge on any atom is -0.394 e. The van der Waals surface area contributed by atoms with Gasteiger partial charge in [0.1, 0.15) is 0 Å². The third-order valence-electron chi connectivity index (χ3n) is 13.2.